The van der Waals surface area contributed by atoms with Gasteiger partial charge in [0.2, 0.25) is 0 Å². The lowest BCUT2D eigenvalue weighted by molar-refractivity contribution is 0.239. The quantitative estimate of drug-likeness (QED) is 0.635. The molecule has 2 heterocycles. The molecule has 0 aliphatic heterocycles. The van der Waals surface area contributed by atoms with Crippen LogP contribution in [-0.2, 0) is 19.4 Å². The van der Waals surface area contributed by atoms with E-state index in [1.807, 2.05) is 25.2 Å². The van der Waals surface area contributed by atoms with Crippen molar-refractivity contribution in [3.8, 4) is 11.5 Å². The molecule has 0 radical (unpaired) electrons. The third-order valence-electron chi connectivity index (χ3n) is 6.14. The molecule has 0 bridgehead atoms. The number of ether oxygens (including phenoxy) is 2. The SMILES string of the molecule is COc1cccc(CN(C)[C@@H](C)c2nc3sc4c(c3c(=O)[nH]2)CC[C@@H](C)C4)c1OC. The van der Waals surface area contributed by atoms with Gasteiger partial charge in [-0.1, -0.05) is 19.1 Å². The lowest BCUT2D eigenvalue weighted by Gasteiger charge is -2.25. The summed E-state index contributed by atoms with van der Waals surface area (Å²) in [5.41, 5.74) is 2.23. The van der Waals surface area contributed by atoms with Crippen molar-refractivity contribution in [2.45, 2.75) is 45.7 Å². The highest BCUT2D eigenvalue weighted by Crippen LogP contribution is 2.36. The van der Waals surface area contributed by atoms with Crippen molar-refractivity contribution in [2.24, 2.45) is 5.92 Å². The van der Waals surface area contributed by atoms with Gasteiger partial charge in [-0.2, -0.15) is 0 Å². The summed E-state index contributed by atoms with van der Waals surface area (Å²) in [6, 6.07) is 5.81. The fourth-order valence-corrected chi connectivity index (χ4v) is 5.65. The number of H-pyrrole nitrogens is 1. The van der Waals surface area contributed by atoms with E-state index >= 15 is 0 Å². The number of fused-ring (bicyclic) bond motifs is 3. The van der Waals surface area contributed by atoms with E-state index in [0.29, 0.717) is 24.0 Å². The normalized spacial score (nSPS) is 17.2. The molecule has 160 valence electrons. The second-order valence-electron chi connectivity index (χ2n) is 8.23. The molecule has 1 aliphatic rings. The zero-order chi connectivity index (χ0) is 21.4. The number of hydrogen-bond acceptors (Lipinski definition) is 6. The lowest BCUT2D eigenvalue weighted by Crippen LogP contribution is -2.26. The molecule has 1 N–H and O–H groups in total. The van der Waals surface area contributed by atoms with Gasteiger partial charge < -0.3 is 14.5 Å². The Morgan fingerprint density at radius 3 is 2.87 bits per heavy atom. The molecule has 4 rings (SSSR count). The minimum Gasteiger partial charge on any atom is -0.493 e. The topological polar surface area (TPSA) is 67.5 Å². The van der Waals surface area contributed by atoms with Crippen molar-refractivity contribution in [1.29, 1.82) is 0 Å². The molecule has 3 aromatic rings. The summed E-state index contributed by atoms with van der Waals surface area (Å²) in [7, 11) is 5.31. The number of rotatable bonds is 6. The summed E-state index contributed by atoms with van der Waals surface area (Å²) < 4.78 is 11.0. The predicted octanol–water partition coefficient (Wildman–Crippen LogP) is 4.32. The highest BCUT2D eigenvalue weighted by Gasteiger charge is 2.25. The minimum atomic E-state index is -0.0592. The predicted molar refractivity (Wildman–Crippen MR) is 121 cm³/mol. The van der Waals surface area contributed by atoms with Crippen molar-refractivity contribution in [3.05, 3.63) is 50.4 Å². The van der Waals surface area contributed by atoms with Crippen LogP contribution in [0.1, 0.15) is 48.1 Å². The average molecular weight is 428 g/mol. The molecule has 0 amide bonds. The molecule has 0 spiro atoms. The first kappa shape index (κ1) is 20.9. The zero-order valence-electron chi connectivity index (χ0n) is 18.2. The van der Waals surface area contributed by atoms with Crippen LogP contribution < -0.4 is 15.0 Å². The van der Waals surface area contributed by atoms with E-state index in [1.54, 1.807) is 25.6 Å². The fourth-order valence-electron chi connectivity index (χ4n) is 4.26. The summed E-state index contributed by atoms with van der Waals surface area (Å²) in [5, 5.41) is 0.801. The maximum atomic E-state index is 12.9. The molecular weight excluding hydrogens is 398 g/mol. The average Bonchev–Trinajstić information content (AvgIpc) is 3.10. The number of nitrogens with zero attached hydrogens (tertiary/aromatic N) is 2. The lowest BCUT2D eigenvalue weighted by atomic mass is 9.89. The van der Waals surface area contributed by atoms with Crippen LogP contribution in [-0.4, -0.2) is 36.1 Å². The van der Waals surface area contributed by atoms with Gasteiger partial charge in [0.15, 0.2) is 11.5 Å². The Labute approximate surface area is 180 Å². The number of para-hydroxylation sites is 1. The van der Waals surface area contributed by atoms with Gasteiger partial charge in [-0.05, 0) is 50.8 Å². The summed E-state index contributed by atoms with van der Waals surface area (Å²) >= 11 is 1.69. The smallest absolute Gasteiger partial charge is 0.259 e. The Morgan fingerprint density at radius 2 is 2.13 bits per heavy atom. The van der Waals surface area contributed by atoms with Gasteiger partial charge in [-0.25, -0.2) is 4.98 Å². The molecule has 1 aromatic carbocycles. The molecular formula is C23H29N3O3S. The first-order valence-corrected chi connectivity index (χ1v) is 11.2. The van der Waals surface area contributed by atoms with Gasteiger partial charge >= 0.3 is 0 Å². The van der Waals surface area contributed by atoms with E-state index in [0.717, 1.165) is 40.8 Å². The Kier molecular flexibility index (Phi) is 5.84. The van der Waals surface area contributed by atoms with Gasteiger partial charge in [0.05, 0.1) is 25.6 Å². The number of aromatic amines is 1. The maximum Gasteiger partial charge on any atom is 0.259 e. The van der Waals surface area contributed by atoms with E-state index in [2.05, 4.69) is 23.7 Å². The van der Waals surface area contributed by atoms with Crippen LogP contribution in [0.5, 0.6) is 11.5 Å². The molecule has 2 aromatic heterocycles. The van der Waals surface area contributed by atoms with Crippen molar-refractivity contribution in [2.75, 3.05) is 21.3 Å². The second-order valence-corrected chi connectivity index (χ2v) is 9.31. The molecule has 30 heavy (non-hydrogen) atoms. The molecule has 2 atom stereocenters. The van der Waals surface area contributed by atoms with Crippen molar-refractivity contribution in [3.63, 3.8) is 0 Å². The number of nitrogens with one attached hydrogen (secondary N) is 1. The van der Waals surface area contributed by atoms with Crippen molar-refractivity contribution in [1.82, 2.24) is 14.9 Å². The fraction of sp³-hybridized carbons (Fsp3) is 0.478. The van der Waals surface area contributed by atoms with E-state index in [9.17, 15) is 4.79 Å². The van der Waals surface area contributed by atoms with Gasteiger partial charge in [-0.15, -0.1) is 11.3 Å². The van der Waals surface area contributed by atoms with Crippen molar-refractivity contribution < 1.29 is 9.47 Å². The molecule has 0 saturated carbocycles. The maximum absolute atomic E-state index is 12.9. The number of hydrogen-bond donors (Lipinski definition) is 1. The molecule has 7 heteroatoms. The number of benzene rings is 1. The highest BCUT2D eigenvalue weighted by molar-refractivity contribution is 7.18. The van der Waals surface area contributed by atoms with Gasteiger partial charge in [0.25, 0.3) is 5.56 Å². The Morgan fingerprint density at radius 1 is 1.33 bits per heavy atom. The monoisotopic (exact) mass is 427 g/mol. The van der Waals surface area contributed by atoms with Crippen LogP contribution >= 0.6 is 11.3 Å². The molecule has 0 fully saturated rings. The van der Waals surface area contributed by atoms with E-state index in [-0.39, 0.29) is 11.6 Å². The highest BCUT2D eigenvalue weighted by atomic mass is 32.1. The summed E-state index contributed by atoms with van der Waals surface area (Å²) in [5.74, 6) is 2.81. The molecule has 0 unspecified atom stereocenters. The Balaban J connectivity index is 1.63. The minimum absolute atomic E-state index is 0.0127. The molecule has 6 nitrogen and oxygen atoms in total. The number of aryl methyl sites for hydroxylation is 1. The standard InChI is InChI=1S/C23H29N3O3S/c1-13-9-10-16-18(11-13)30-23-19(16)22(27)24-21(25-23)14(2)26(3)12-15-7-6-8-17(28-4)20(15)29-5/h6-8,13-14H,9-12H2,1-5H3,(H,24,25,27)/t13-,14+/m1/s1. The molecule has 0 saturated heterocycles. The van der Waals surface area contributed by atoms with Gasteiger partial charge in [-0.3, -0.25) is 9.69 Å². The van der Waals surface area contributed by atoms with E-state index < -0.39 is 0 Å². The summed E-state index contributed by atoms with van der Waals surface area (Å²) in [6.45, 7) is 4.98. The van der Waals surface area contributed by atoms with Crippen LogP contribution in [0.15, 0.2) is 23.0 Å². The van der Waals surface area contributed by atoms with Gasteiger partial charge in [0, 0.05) is 17.0 Å². The van der Waals surface area contributed by atoms with Gasteiger partial charge in [0.1, 0.15) is 10.7 Å². The summed E-state index contributed by atoms with van der Waals surface area (Å²) in [4.78, 5) is 25.2. The second kappa shape index (κ2) is 8.40. The van der Waals surface area contributed by atoms with Crippen LogP contribution in [0, 0.1) is 5.92 Å². The first-order valence-electron chi connectivity index (χ1n) is 10.4. The van der Waals surface area contributed by atoms with Crippen LogP contribution in [0.4, 0.5) is 0 Å². The van der Waals surface area contributed by atoms with E-state index in [1.165, 1.54) is 10.4 Å². The zero-order valence-corrected chi connectivity index (χ0v) is 19.1. The summed E-state index contributed by atoms with van der Waals surface area (Å²) in [6.07, 6.45) is 3.17. The first-order chi connectivity index (χ1) is 14.4. The van der Waals surface area contributed by atoms with Crippen molar-refractivity contribution >= 4 is 21.6 Å². The number of methoxy groups -OCH3 is 2. The van der Waals surface area contributed by atoms with E-state index in [4.69, 9.17) is 14.5 Å². The Bertz CT molecular complexity index is 1120. The third-order valence-corrected chi connectivity index (χ3v) is 7.29. The Hall–Kier alpha value is -2.38. The largest absolute Gasteiger partial charge is 0.493 e. The third kappa shape index (κ3) is 3.72. The van der Waals surface area contributed by atoms with Crippen LogP contribution in [0.2, 0.25) is 0 Å². The molecule has 1 aliphatic carbocycles. The van der Waals surface area contributed by atoms with Crippen LogP contribution in [0.25, 0.3) is 10.2 Å². The number of thiophene rings is 1. The van der Waals surface area contributed by atoms with Crippen LogP contribution in [0.3, 0.4) is 0 Å². The number of aromatic nitrogens is 2.